The summed E-state index contributed by atoms with van der Waals surface area (Å²) in [7, 11) is 0. The lowest BCUT2D eigenvalue weighted by Crippen LogP contribution is -2.53. The number of nitrogens with zero attached hydrogens (tertiary/aromatic N) is 2. The van der Waals surface area contributed by atoms with Gasteiger partial charge in [0.05, 0.1) is 0 Å². The molecule has 20 heavy (non-hydrogen) atoms. The van der Waals surface area contributed by atoms with Crippen molar-refractivity contribution in [1.82, 2.24) is 15.1 Å². The molecule has 118 valence electrons. The summed E-state index contributed by atoms with van der Waals surface area (Å²) in [6.07, 6.45) is 1.98. The molecule has 2 heterocycles. The highest BCUT2D eigenvalue weighted by molar-refractivity contribution is 5.85. The first kappa shape index (κ1) is 17.5. The predicted molar refractivity (Wildman–Crippen MR) is 82.5 cm³/mol. The standard InChI is InChI=1S/C14H27N3O2.ClH/c1-14(2,3)19-13(18)17-8-4-12(5-9-17)16-10-6-15-7-11-16;/h12,15H,4-11H2,1-3H3;1H. The van der Waals surface area contributed by atoms with Crippen LogP contribution in [0.3, 0.4) is 0 Å². The van der Waals surface area contributed by atoms with Crippen molar-refractivity contribution in [3.8, 4) is 0 Å². The second kappa shape index (κ2) is 7.48. The van der Waals surface area contributed by atoms with Crippen molar-refractivity contribution in [1.29, 1.82) is 0 Å². The van der Waals surface area contributed by atoms with Gasteiger partial charge >= 0.3 is 6.09 Å². The summed E-state index contributed by atoms with van der Waals surface area (Å²) in [4.78, 5) is 16.4. The van der Waals surface area contributed by atoms with Crippen LogP contribution in [0.15, 0.2) is 0 Å². The minimum Gasteiger partial charge on any atom is -0.444 e. The fraction of sp³-hybridized carbons (Fsp3) is 0.929. The normalized spacial score (nSPS) is 22.2. The number of piperazine rings is 1. The Morgan fingerprint density at radius 2 is 1.65 bits per heavy atom. The zero-order valence-corrected chi connectivity index (χ0v) is 13.7. The lowest BCUT2D eigenvalue weighted by Gasteiger charge is -2.40. The summed E-state index contributed by atoms with van der Waals surface area (Å²) < 4.78 is 5.42. The van der Waals surface area contributed by atoms with Crippen LogP contribution in [-0.2, 0) is 4.74 Å². The van der Waals surface area contributed by atoms with E-state index in [-0.39, 0.29) is 18.5 Å². The first-order valence-electron chi connectivity index (χ1n) is 7.38. The smallest absolute Gasteiger partial charge is 0.410 e. The van der Waals surface area contributed by atoms with Crippen molar-refractivity contribution in [2.24, 2.45) is 0 Å². The summed E-state index contributed by atoms with van der Waals surface area (Å²) in [5.41, 5.74) is -0.396. The van der Waals surface area contributed by atoms with Crippen molar-refractivity contribution < 1.29 is 9.53 Å². The van der Waals surface area contributed by atoms with Gasteiger partial charge in [-0.25, -0.2) is 4.79 Å². The average molecular weight is 306 g/mol. The number of hydrogen-bond donors (Lipinski definition) is 1. The summed E-state index contributed by atoms with van der Waals surface area (Å²) in [5.74, 6) is 0. The van der Waals surface area contributed by atoms with Crippen LogP contribution >= 0.6 is 12.4 Å². The predicted octanol–water partition coefficient (Wildman–Crippen LogP) is 1.71. The van der Waals surface area contributed by atoms with Gasteiger partial charge in [0.15, 0.2) is 0 Å². The quantitative estimate of drug-likeness (QED) is 0.801. The van der Waals surface area contributed by atoms with Crippen LogP contribution in [0.2, 0.25) is 0 Å². The molecule has 0 aliphatic carbocycles. The molecule has 0 bridgehead atoms. The molecular weight excluding hydrogens is 278 g/mol. The number of hydrogen-bond acceptors (Lipinski definition) is 4. The molecule has 2 aliphatic heterocycles. The highest BCUT2D eigenvalue weighted by atomic mass is 35.5. The number of halogens is 1. The summed E-state index contributed by atoms with van der Waals surface area (Å²) in [6.45, 7) is 11.8. The van der Waals surface area contributed by atoms with Crippen LogP contribution in [0.5, 0.6) is 0 Å². The Hall–Kier alpha value is -0.520. The van der Waals surface area contributed by atoms with Crippen LogP contribution in [0, 0.1) is 0 Å². The number of ether oxygens (including phenoxy) is 1. The van der Waals surface area contributed by atoms with E-state index >= 15 is 0 Å². The van der Waals surface area contributed by atoms with E-state index in [0.29, 0.717) is 6.04 Å². The van der Waals surface area contributed by atoms with E-state index in [2.05, 4.69) is 10.2 Å². The van der Waals surface area contributed by atoms with Gasteiger partial charge in [-0.3, -0.25) is 4.90 Å². The fourth-order valence-corrected chi connectivity index (χ4v) is 2.79. The minimum atomic E-state index is -0.396. The largest absolute Gasteiger partial charge is 0.444 e. The van der Waals surface area contributed by atoms with Gasteiger partial charge in [-0.2, -0.15) is 0 Å². The Kier molecular flexibility index (Phi) is 6.55. The van der Waals surface area contributed by atoms with Gasteiger partial charge < -0.3 is 15.0 Å². The molecule has 0 radical (unpaired) electrons. The number of piperidine rings is 1. The molecule has 0 atom stereocenters. The first-order valence-corrected chi connectivity index (χ1v) is 7.38. The number of carbonyl (C=O) groups is 1. The van der Waals surface area contributed by atoms with E-state index in [0.717, 1.165) is 52.1 Å². The maximum atomic E-state index is 12.0. The van der Waals surface area contributed by atoms with E-state index in [9.17, 15) is 4.79 Å². The van der Waals surface area contributed by atoms with E-state index in [1.54, 1.807) is 0 Å². The van der Waals surface area contributed by atoms with Gasteiger partial charge in [-0.05, 0) is 33.6 Å². The molecule has 1 N–H and O–H groups in total. The molecule has 0 aromatic heterocycles. The van der Waals surface area contributed by atoms with Crippen LogP contribution in [0.1, 0.15) is 33.6 Å². The molecule has 6 heteroatoms. The lowest BCUT2D eigenvalue weighted by atomic mass is 10.0. The molecule has 0 unspecified atom stereocenters. The first-order chi connectivity index (χ1) is 8.96. The Morgan fingerprint density at radius 1 is 1.10 bits per heavy atom. The summed E-state index contributed by atoms with van der Waals surface area (Å²) in [5, 5.41) is 3.38. The minimum absolute atomic E-state index is 0. The number of carbonyl (C=O) groups excluding carboxylic acids is 1. The monoisotopic (exact) mass is 305 g/mol. The SMILES string of the molecule is CC(C)(C)OC(=O)N1CCC(N2CCNCC2)CC1.Cl. The zero-order chi connectivity index (χ0) is 13.9. The van der Waals surface area contributed by atoms with E-state index < -0.39 is 5.60 Å². The molecule has 0 spiro atoms. The second-order valence-corrected chi connectivity index (χ2v) is 6.48. The van der Waals surface area contributed by atoms with Crippen molar-refractivity contribution >= 4 is 18.5 Å². The third-order valence-electron chi connectivity index (χ3n) is 3.78. The van der Waals surface area contributed by atoms with Gasteiger partial charge in [-0.15, -0.1) is 12.4 Å². The molecule has 1 amide bonds. The zero-order valence-electron chi connectivity index (χ0n) is 12.9. The maximum Gasteiger partial charge on any atom is 0.410 e. The third-order valence-corrected chi connectivity index (χ3v) is 3.78. The molecule has 5 nitrogen and oxygen atoms in total. The number of likely N-dealkylation sites (tertiary alicyclic amines) is 1. The summed E-state index contributed by atoms with van der Waals surface area (Å²) in [6, 6.07) is 0.640. The van der Waals surface area contributed by atoms with Gasteiger partial charge in [-0.1, -0.05) is 0 Å². The molecule has 2 aliphatic rings. The Balaban J connectivity index is 0.00000200. The molecule has 2 rings (SSSR count). The number of amides is 1. The fourth-order valence-electron chi connectivity index (χ4n) is 2.79. The average Bonchev–Trinajstić information content (AvgIpc) is 2.38. The van der Waals surface area contributed by atoms with Crippen LogP contribution in [0.25, 0.3) is 0 Å². The Labute approximate surface area is 128 Å². The second-order valence-electron chi connectivity index (χ2n) is 6.48. The lowest BCUT2D eigenvalue weighted by molar-refractivity contribution is 0.0136. The van der Waals surface area contributed by atoms with Crippen LogP contribution in [-0.4, -0.2) is 66.8 Å². The van der Waals surface area contributed by atoms with Crippen LogP contribution in [0.4, 0.5) is 4.79 Å². The molecule has 0 saturated carbocycles. The highest BCUT2D eigenvalue weighted by Crippen LogP contribution is 2.19. The number of rotatable bonds is 1. The molecule has 2 fully saturated rings. The van der Waals surface area contributed by atoms with E-state index in [1.165, 1.54) is 0 Å². The molecular formula is C14H28ClN3O2. The molecule has 0 aromatic rings. The maximum absolute atomic E-state index is 12.0. The highest BCUT2D eigenvalue weighted by Gasteiger charge is 2.29. The topological polar surface area (TPSA) is 44.8 Å². The van der Waals surface area contributed by atoms with Gasteiger partial charge in [0.1, 0.15) is 5.60 Å². The van der Waals surface area contributed by atoms with Crippen molar-refractivity contribution in [2.75, 3.05) is 39.3 Å². The summed E-state index contributed by atoms with van der Waals surface area (Å²) >= 11 is 0. The third kappa shape index (κ3) is 5.11. The van der Waals surface area contributed by atoms with E-state index in [4.69, 9.17) is 4.74 Å². The van der Waals surface area contributed by atoms with Crippen LogP contribution < -0.4 is 5.32 Å². The van der Waals surface area contributed by atoms with Gasteiger partial charge in [0, 0.05) is 45.3 Å². The Morgan fingerprint density at radius 3 is 2.15 bits per heavy atom. The van der Waals surface area contributed by atoms with Crippen molar-refractivity contribution in [3.63, 3.8) is 0 Å². The molecule has 2 saturated heterocycles. The number of nitrogens with one attached hydrogen (secondary N) is 1. The van der Waals surface area contributed by atoms with E-state index in [1.807, 2.05) is 25.7 Å². The van der Waals surface area contributed by atoms with Gasteiger partial charge in [0.25, 0.3) is 0 Å². The van der Waals surface area contributed by atoms with Crippen molar-refractivity contribution in [2.45, 2.75) is 45.3 Å². The van der Waals surface area contributed by atoms with Gasteiger partial charge in [0.2, 0.25) is 0 Å². The molecule has 0 aromatic carbocycles. The van der Waals surface area contributed by atoms with Crippen molar-refractivity contribution in [3.05, 3.63) is 0 Å². The Bertz CT molecular complexity index is 306.